The topological polar surface area (TPSA) is 78.4 Å². The maximum Gasteiger partial charge on any atom is 0.329 e. The fourth-order valence-corrected chi connectivity index (χ4v) is 1.55. The van der Waals surface area contributed by atoms with E-state index in [4.69, 9.17) is 5.11 Å². The number of rotatable bonds is 5. The molecule has 1 aliphatic rings. The predicted octanol–water partition coefficient (Wildman–Crippen LogP) is 0.962. The van der Waals surface area contributed by atoms with Crippen LogP contribution >= 0.6 is 0 Å². The molecular weight excluding hydrogens is 220 g/mol. The lowest BCUT2D eigenvalue weighted by atomic mass is 10.3. The van der Waals surface area contributed by atoms with Crippen LogP contribution < -0.4 is 10.2 Å². The number of carboxylic acids is 1. The average Bonchev–Trinajstić information content (AvgIpc) is 3.09. The molecule has 2 N–H and O–H groups in total. The third-order valence-electron chi connectivity index (χ3n) is 3.04. The molecule has 92 valence electrons. The molecular formula is C11H16N4O2. The van der Waals surface area contributed by atoms with Crippen molar-refractivity contribution in [1.29, 1.82) is 0 Å². The molecule has 0 aromatic carbocycles. The van der Waals surface area contributed by atoms with E-state index in [1.807, 2.05) is 18.9 Å². The van der Waals surface area contributed by atoms with Crippen LogP contribution in [-0.2, 0) is 4.79 Å². The van der Waals surface area contributed by atoms with Crippen molar-refractivity contribution in [3.05, 3.63) is 12.4 Å². The molecule has 1 fully saturated rings. The molecule has 17 heavy (non-hydrogen) atoms. The first-order valence-corrected chi connectivity index (χ1v) is 5.62. The third-order valence-corrected chi connectivity index (χ3v) is 3.04. The summed E-state index contributed by atoms with van der Waals surface area (Å²) >= 11 is 0. The summed E-state index contributed by atoms with van der Waals surface area (Å²) in [6.07, 6.45) is 2.73. The first-order valence-electron chi connectivity index (χ1n) is 5.62. The van der Waals surface area contributed by atoms with Crippen LogP contribution in [0, 0.1) is 0 Å². The summed E-state index contributed by atoms with van der Waals surface area (Å²) in [6, 6.07) is 1.77. The summed E-state index contributed by atoms with van der Waals surface area (Å²) in [7, 11) is 1.93. The minimum absolute atomic E-state index is 0.565. The zero-order valence-corrected chi connectivity index (χ0v) is 9.97. The van der Waals surface area contributed by atoms with Gasteiger partial charge in [0, 0.05) is 19.7 Å². The molecule has 0 unspecified atom stereocenters. The Morgan fingerprint density at radius 2 is 2.29 bits per heavy atom. The Balaban J connectivity index is 2.14. The van der Waals surface area contributed by atoms with E-state index in [9.17, 15) is 4.79 Å². The Labute approximate surface area is 99.7 Å². The van der Waals surface area contributed by atoms with E-state index in [0.29, 0.717) is 18.7 Å². The van der Waals surface area contributed by atoms with E-state index in [1.54, 1.807) is 6.07 Å². The third kappa shape index (κ3) is 2.30. The Morgan fingerprint density at radius 1 is 1.59 bits per heavy atom. The molecule has 0 aliphatic heterocycles. The first-order chi connectivity index (χ1) is 8.07. The highest BCUT2D eigenvalue weighted by Crippen LogP contribution is 2.38. The van der Waals surface area contributed by atoms with Gasteiger partial charge in [-0.05, 0) is 19.8 Å². The molecule has 0 atom stereocenters. The normalized spacial score (nSPS) is 16.4. The molecule has 1 heterocycles. The molecule has 1 saturated carbocycles. The van der Waals surface area contributed by atoms with Crippen LogP contribution in [0.4, 0.5) is 11.6 Å². The number of carboxylic acid groups (broad SMARTS) is 1. The van der Waals surface area contributed by atoms with Crippen LogP contribution in [-0.4, -0.2) is 40.2 Å². The van der Waals surface area contributed by atoms with Gasteiger partial charge in [-0.1, -0.05) is 0 Å². The van der Waals surface area contributed by atoms with Gasteiger partial charge in [0.15, 0.2) is 0 Å². The monoisotopic (exact) mass is 236 g/mol. The SMILES string of the molecule is CCN(C)c1cc(NC2(C(=O)O)CC2)ncn1. The van der Waals surface area contributed by atoms with Crippen molar-refractivity contribution in [2.75, 3.05) is 23.8 Å². The lowest BCUT2D eigenvalue weighted by molar-refractivity contribution is -0.138. The van der Waals surface area contributed by atoms with Gasteiger partial charge in [0.05, 0.1) is 0 Å². The molecule has 2 rings (SSSR count). The molecule has 0 amide bonds. The Hall–Kier alpha value is -1.85. The van der Waals surface area contributed by atoms with Gasteiger partial charge in [-0.15, -0.1) is 0 Å². The standard InChI is InChI=1S/C11H16N4O2/c1-3-15(2)9-6-8(12-7-13-9)14-11(4-5-11)10(16)17/h6-7H,3-5H2,1-2H3,(H,16,17)(H,12,13,14). The summed E-state index contributed by atoms with van der Waals surface area (Å²) in [4.78, 5) is 21.2. The number of aromatic nitrogens is 2. The molecule has 0 saturated heterocycles. The van der Waals surface area contributed by atoms with Crippen molar-refractivity contribution >= 4 is 17.6 Å². The number of anilines is 2. The van der Waals surface area contributed by atoms with Crippen molar-refractivity contribution < 1.29 is 9.90 Å². The van der Waals surface area contributed by atoms with Gasteiger partial charge in [0.25, 0.3) is 0 Å². The van der Waals surface area contributed by atoms with Gasteiger partial charge in [0.1, 0.15) is 23.5 Å². The van der Waals surface area contributed by atoms with Crippen molar-refractivity contribution in [3.63, 3.8) is 0 Å². The van der Waals surface area contributed by atoms with E-state index in [1.165, 1.54) is 6.33 Å². The van der Waals surface area contributed by atoms with Gasteiger partial charge in [-0.3, -0.25) is 0 Å². The highest BCUT2D eigenvalue weighted by Gasteiger charge is 2.50. The van der Waals surface area contributed by atoms with Crippen LogP contribution in [0.15, 0.2) is 12.4 Å². The number of aliphatic carboxylic acids is 1. The van der Waals surface area contributed by atoms with E-state index in [2.05, 4.69) is 15.3 Å². The Kier molecular flexibility index (Phi) is 2.87. The van der Waals surface area contributed by atoms with Crippen molar-refractivity contribution in [3.8, 4) is 0 Å². The number of carbonyl (C=O) groups is 1. The van der Waals surface area contributed by atoms with E-state index < -0.39 is 11.5 Å². The summed E-state index contributed by atoms with van der Waals surface area (Å²) in [5.74, 6) is 0.530. The fraction of sp³-hybridized carbons (Fsp3) is 0.545. The van der Waals surface area contributed by atoms with Crippen LogP contribution in [0.3, 0.4) is 0 Å². The Morgan fingerprint density at radius 3 is 2.82 bits per heavy atom. The molecule has 0 bridgehead atoms. The van der Waals surface area contributed by atoms with Gasteiger partial charge in [-0.25, -0.2) is 14.8 Å². The smallest absolute Gasteiger partial charge is 0.329 e. The highest BCUT2D eigenvalue weighted by molar-refractivity contribution is 5.86. The summed E-state index contributed by atoms with van der Waals surface area (Å²) in [6.45, 7) is 2.86. The van der Waals surface area contributed by atoms with Crippen LogP contribution in [0.1, 0.15) is 19.8 Å². The van der Waals surface area contributed by atoms with E-state index >= 15 is 0 Å². The number of hydrogen-bond acceptors (Lipinski definition) is 5. The largest absolute Gasteiger partial charge is 0.480 e. The molecule has 1 aliphatic carbocycles. The molecule has 0 spiro atoms. The fourth-order valence-electron chi connectivity index (χ4n) is 1.55. The first kappa shape index (κ1) is 11.6. The quantitative estimate of drug-likeness (QED) is 0.793. The van der Waals surface area contributed by atoms with Crippen molar-refractivity contribution in [2.24, 2.45) is 0 Å². The molecule has 1 aromatic heterocycles. The number of nitrogens with one attached hydrogen (secondary N) is 1. The molecule has 6 nitrogen and oxygen atoms in total. The number of nitrogens with zero attached hydrogens (tertiary/aromatic N) is 3. The second-order valence-corrected chi connectivity index (χ2v) is 4.29. The van der Waals surface area contributed by atoms with Gasteiger partial charge in [-0.2, -0.15) is 0 Å². The average molecular weight is 236 g/mol. The Bertz CT molecular complexity index is 431. The minimum atomic E-state index is -0.818. The minimum Gasteiger partial charge on any atom is -0.480 e. The van der Waals surface area contributed by atoms with Crippen LogP contribution in [0.5, 0.6) is 0 Å². The second kappa shape index (κ2) is 4.20. The summed E-state index contributed by atoms with van der Waals surface area (Å²) in [5.41, 5.74) is -0.809. The maximum atomic E-state index is 11.0. The zero-order valence-electron chi connectivity index (χ0n) is 9.97. The van der Waals surface area contributed by atoms with Gasteiger partial charge < -0.3 is 15.3 Å². The summed E-state index contributed by atoms with van der Waals surface area (Å²) in [5, 5.41) is 12.0. The van der Waals surface area contributed by atoms with Crippen LogP contribution in [0.25, 0.3) is 0 Å². The highest BCUT2D eigenvalue weighted by atomic mass is 16.4. The lowest BCUT2D eigenvalue weighted by Crippen LogP contribution is -2.32. The van der Waals surface area contributed by atoms with Gasteiger partial charge >= 0.3 is 5.97 Å². The van der Waals surface area contributed by atoms with E-state index in [-0.39, 0.29) is 0 Å². The van der Waals surface area contributed by atoms with Crippen LogP contribution in [0.2, 0.25) is 0 Å². The predicted molar refractivity (Wildman–Crippen MR) is 64.2 cm³/mol. The van der Waals surface area contributed by atoms with Gasteiger partial charge in [0.2, 0.25) is 0 Å². The molecule has 1 aromatic rings. The summed E-state index contributed by atoms with van der Waals surface area (Å²) < 4.78 is 0. The van der Waals surface area contributed by atoms with E-state index in [0.717, 1.165) is 12.4 Å². The lowest BCUT2D eigenvalue weighted by Gasteiger charge is -2.17. The molecule has 6 heteroatoms. The van der Waals surface area contributed by atoms with Crippen molar-refractivity contribution in [1.82, 2.24) is 9.97 Å². The van der Waals surface area contributed by atoms with Crippen molar-refractivity contribution in [2.45, 2.75) is 25.3 Å². The second-order valence-electron chi connectivity index (χ2n) is 4.29. The number of hydrogen-bond donors (Lipinski definition) is 2. The molecule has 0 radical (unpaired) electrons. The zero-order chi connectivity index (χ0) is 12.5. The maximum absolute atomic E-state index is 11.0.